The molecule has 0 heterocycles. The second-order valence-corrected chi connectivity index (χ2v) is 5.43. The summed E-state index contributed by atoms with van der Waals surface area (Å²) in [6.45, 7) is 8.55. The van der Waals surface area contributed by atoms with E-state index in [9.17, 15) is 9.50 Å². The number of rotatable bonds is 9. The molecule has 0 spiro atoms. The van der Waals surface area contributed by atoms with Crippen molar-refractivity contribution < 1.29 is 9.50 Å². The lowest BCUT2D eigenvalue weighted by Crippen LogP contribution is -2.48. The molecular weight excluding hydrogens is 255 g/mol. The lowest BCUT2D eigenvalue weighted by molar-refractivity contribution is 0.167. The largest absolute Gasteiger partial charge is 0.394 e. The van der Waals surface area contributed by atoms with Crippen molar-refractivity contribution >= 4 is 5.69 Å². The third kappa shape index (κ3) is 4.76. The van der Waals surface area contributed by atoms with Crippen molar-refractivity contribution in [2.24, 2.45) is 0 Å². The normalized spacial score (nSPS) is 14.1. The van der Waals surface area contributed by atoms with Crippen molar-refractivity contribution in [1.29, 1.82) is 0 Å². The van der Waals surface area contributed by atoms with Gasteiger partial charge in [-0.2, -0.15) is 0 Å². The fourth-order valence-corrected chi connectivity index (χ4v) is 2.19. The minimum Gasteiger partial charge on any atom is -0.394 e. The summed E-state index contributed by atoms with van der Waals surface area (Å²) in [6.07, 6.45) is 1.80. The Labute approximate surface area is 121 Å². The lowest BCUT2D eigenvalue weighted by atomic mass is 9.98. The molecule has 0 fully saturated rings. The summed E-state index contributed by atoms with van der Waals surface area (Å²) in [5, 5.41) is 12.9. The molecule has 0 saturated carbocycles. The Kier molecular flexibility index (Phi) is 6.96. The monoisotopic (exact) mass is 282 g/mol. The van der Waals surface area contributed by atoms with Crippen molar-refractivity contribution in [3.05, 3.63) is 30.1 Å². The Morgan fingerprint density at radius 2 is 2.00 bits per heavy atom. The maximum atomic E-state index is 13.8. The van der Waals surface area contributed by atoms with Gasteiger partial charge in [-0.05, 0) is 45.4 Å². The molecule has 1 rings (SSSR count). The summed E-state index contributed by atoms with van der Waals surface area (Å²) in [7, 11) is 0. The van der Waals surface area contributed by atoms with E-state index >= 15 is 0 Å². The molecule has 3 nitrogen and oxygen atoms in total. The number of nitrogens with one attached hydrogen (secondary N) is 1. The van der Waals surface area contributed by atoms with Crippen LogP contribution in [0.1, 0.15) is 33.6 Å². The third-order valence-electron chi connectivity index (χ3n) is 3.66. The molecule has 0 aromatic heterocycles. The van der Waals surface area contributed by atoms with E-state index in [4.69, 9.17) is 0 Å². The van der Waals surface area contributed by atoms with E-state index in [1.807, 2.05) is 24.8 Å². The van der Waals surface area contributed by atoms with Crippen molar-refractivity contribution in [2.75, 3.05) is 31.1 Å². The number of aliphatic hydroxyl groups excluding tert-OH is 1. The van der Waals surface area contributed by atoms with Crippen LogP contribution in [0, 0.1) is 5.82 Å². The Hall–Kier alpha value is -1.13. The van der Waals surface area contributed by atoms with Gasteiger partial charge in [0.1, 0.15) is 5.82 Å². The average Bonchev–Trinajstić information content (AvgIpc) is 2.47. The summed E-state index contributed by atoms with van der Waals surface area (Å²) in [4.78, 5) is 2.01. The second kappa shape index (κ2) is 8.22. The zero-order valence-electron chi connectivity index (χ0n) is 12.8. The number of para-hydroxylation sites is 1. The van der Waals surface area contributed by atoms with E-state index in [1.165, 1.54) is 6.07 Å². The first kappa shape index (κ1) is 16.9. The highest BCUT2D eigenvalue weighted by Crippen LogP contribution is 2.20. The molecule has 2 N–H and O–H groups in total. The van der Waals surface area contributed by atoms with Crippen LogP contribution >= 0.6 is 0 Å². The fraction of sp³-hybridized carbons (Fsp3) is 0.625. The topological polar surface area (TPSA) is 35.5 Å². The molecule has 1 aromatic carbocycles. The highest BCUT2D eigenvalue weighted by atomic mass is 19.1. The van der Waals surface area contributed by atoms with E-state index < -0.39 is 0 Å². The van der Waals surface area contributed by atoms with E-state index in [1.54, 1.807) is 12.1 Å². The van der Waals surface area contributed by atoms with Crippen molar-refractivity contribution in [3.8, 4) is 0 Å². The summed E-state index contributed by atoms with van der Waals surface area (Å²) >= 11 is 0. The van der Waals surface area contributed by atoms with Crippen LogP contribution in [-0.2, 0) is 0 Å². The van der Waals surface area contributed by atoms with Crippen LogP contribution in [0.3, 0.4) is 0 Å². The molecule has 0 saturated heterocycles. The first-order valence-corrected chi connectivity index (χ1v) is 7.41. The molecule has 0 aliphatic heterocycles. The van der Waals surface area contributed by atoms with Crippen LogP contribution in [0.2, 0.25) is 0 Å². The predicted octanol–water partition coefficient (Wildman–Crippen LogP) is 2.79. The molecule has 20 heavy (non-hydrogen) atoms. The number of aliphatic hydroxyl groups is 1. The molecular formula is C16H27FN2O. The molecule has 1 unspecified atom stereocenters. The van der Waals surface area contributed by atoms with Gasteiger partial charge in [-0.3, -0.25) is 0 Å². The van der Waals surface area contributed by atoms with Gasteiger partial charge in [0.2, 0.25) is 0 Å². The van der Waals surface area contributed by atoms with Gasteiger partial charge in [0, 0.05) is 18.6 Å². The maximum absolute atomic E-state index is 13.8. The van der Waals surface area contributed by atoms with Crippen LogP contribution in [0.5, 0.6) is 0 Å². The van der Waals surface area contributed by atoms with Crippen LogP contribution in [0.25, 0.3) is 0 Å². The van der Waals surface area contributed by atoms with Crippen molar-refractivity contribution in [1.82, 2.24) is 5.32 Å². The van der Waals surface area contributed by atoms with Gasteiger partial charge in [0.25, 0.3) is 0 Å². The van der Waals surface area contributed by atoms with Gasteiger partial charge in [0.15, 0.2) is 0 Å². The standard InChI is InChI=1S/C16H27FN2O/c1-4-11-18-16(3,13-20)10-12-19(5-2)15-9-7-6-8-14(15)17/h6-9,18,20H,4-5,10-13H2,1-3H3. The molecule has 114 valence electrons. The lowest BCUT2D eigenvalue weighted by Gasteiger charge is -2.32. The van der Waals surface area contributed by atoms with E-state index in [-0.39, 0.29) is 18.0 Å². The van der Waals surface area contributed by atoms with Crippen LogP contribution in [-0.4, -0.2) is 36.9 Å². The van der Waals surface area contributed by atoms with E-state index in [0.717, 1.165) is 25.9 Å². The SMILES string of the molecule is CCCNC(C)(CO)CCN(CC)c1ccccc1F. The molecule has 0 aliphatic carbocycles. The Bertz CT molecular complexity index is 400. The van der Waals surface area contributed by atoms with Gasteiger partial charge >= 0.3 is 0 Å². The number of nitrogens with zero attached hydrogens (tertiary/aromatic N) is 1. The number of hydrogen-bond donors (Lipinski definition) is 2. The fourth-order valence-electron chi connectivity index (χ4n) is 2.19. The zero-order valence-corrected chi connectivity index (χ0v) is 12.8. The smallest absolute Gasteiger partial charge is 0.146 e. The predicted molar refractivity (Wildman–Crippen MR) is 82.7 cm³/mol. The number of benzene rings is 1. The van der Waals surface area contributed by atoms with Crippen molar-refractivity contribution in [3.63, 3.8) is 0 Å². The van der Waals surface area contributed by atoms with Gasteiger partial charge in [-0.25, -0.2) is 4.39 Å². The third-order valence-corrected chi connectivity index (χ3v) is 3.66. The zero-order chi connectivity index (χ0) is 15.0. The summed E-state index contributed by atoms with van der Waals surface area (Å²) in [5.74, 6) is -0.193. The van der Waals surface area contributed by atoms with Crippen LogP contribution in [0.15, 0.2) is 24.3 Å². The minimum absolute atomic E-state index is 0.0851. The number of hydrogen-bond acceptors (Lipinski definition) is 3. The molecule has 1 aromatic rings. The summed E-state index contributed by atoms with van der Waals surface area (Å²) in [6, 6.07) is 6.84. The minimum atomic E-state index is -0.311. The quantitative estimate of drug-likeness (QED) is 0.731. The summed E-state index contributed by atoms with van der Waals surface area (Å²) < 4.78 is 13.8. The van der Waals surface area contributed by atoms with E-state index in [0.29, 0.717) is 12.2 Å². The van der Waals surface area contributed by atoms with Gasteiger partial charge in [-0.1, -0.05) is 19.1 Å². The van der Waals surface area contributed by atoms with Crippen molar-refractivity contribution in [2.45, 2.75) is 39.2 Å². The number of anilines is 1. The highest BCUT2D eigenvalue weighted by Gasteiger charge is 2.23. The highest BCUT2D eigenvalue weighted by molar-refractivity contribution is 5.47. The summed E-state index contributed by atoms with van der Waals surface area (Å²) in [5.41, 5.74) is 0.320. The Morgan fingerprint density at radius 3 is 2.55 bits per heavy atom. The molecule has 0 amide bonds. The Balaban J connectivity index is 2.67. The van der Waals surface area contributed by atoms with Gasteiger partial charge in [-0.15, -0.1) is 0 Å². The average molecular weight is 282 g/mol. The number of halogens is 1. The second-order valence-electron chi connectivity index (χ2n) is 5.43. The first-order valence-electron chi connectivity index (χ1n) is 7.41. The molecule has 1 atom stereocenters. The first-order chi connectivity index (χ1) is 9.56. The maximum Gasteiger partial charge on any atom is 0.146 e. The molecule has 0 aliphatic rings. The van der Waals surface area contributed by atoms with Gasteiger partial charge < -0.3 is 15.3 Å². The van der Waals surface area contributed by atoms with Crippen LogP contribution in [0.4, 0.5) is 10.1 Å². The Morgan fingerprint density at radius 1 is 1.30 bits per heavy atom. The molecule has 0 bridgehead atoms. The van der Waals surface area contributed by atoms with E-state index in [2.05, 4.69) is 12.2 Å². The molecule has 4 heteroatoms. The van der Waals surface area contributed by atoms with Crippen LogP contribution < -0.4 is 10.2 Å². The molecule has 0 radical (unpaired) electrons. The van der Waals surface area contributed by atoms with Gasteiger partial charge in [0.05, 0.1) is 12.3 Å².